The number of nitrogens with one attached hydrogen (secondary N) is 1. The molecule has 1 N–H and O–H groups in total. The van der Waals surface area contributed by atoms with E-state index in [1.54, 1.807) is 42.5 Å². The van der Waals surface area contributed by atoms with Crippen molar-refractivity contribution in [2.24, 2.45) is 0 Å². The zero-order valence-electron chi connectivity index (χ0n) is 14.3. The van der Waals surface area contributed by atoms with Gasteiger partial charge in [0.2, 0.25) is 10.0 Å². The molecule has 0 aliphatic carbocycles. The maximum atomic E-state index is 13.2. The number of hydrogen-bond donors (Lipinski definition) is 1. The van der Waals surface area contributed by atoms with Gasteiger partial charge in [-0.3, -0.25) is 4.79 Å². The molecule has 2 aromatic carbocycles. The largest absolute Gasteiger partial charge is 0.311 e. The number of carbonyl (C=O) groups is 1. The van der Waals surface area contributed by atoms with Crippen molar-refractivity contribution in [1.29, 1.82) is 0 Å². The third-order valence-electron chi connectivity index (χ3n) is 4.73. The van der Waals surface area contributed by atoms with Crippen LogP contribution < -0.4 is 5.32 Å². The van der Waals surface area contributed by atoms with Gasteiger partial charge in [-0.2, -0.15) is 4.31 Å². The Morgan fingerprint density at radius 3 is 2.40 bits per heavy atom. The van der Waals surface area contributed by atoms with Crippen molar-refractivity contribution in [1.82, 2.24) is 9.62 Å². The van der Waals surface area contributed by atoms with Gasteiger partial charge >= 0.3 is 0 Å². The van der Waals surface area contributed by atoms with Crippen LogP contribution in [0.3, 0.4) is 0 Å². The zero-order chi connectivity index (χ0) is 18.0. The standard InChI is InChI=1S/C19H22N2O3S/c1-14-15(2)21(13-12-20-14)25(23,24)18-11-7-6-10-17(18)19(22)16-8-4-3-5-9-16/h3-11,14-15,20H,12-13H2,1-2H3. The molecule has 0 radical (unpaired) electrons. The molecule has 1 aliphatic rings. The Hall–Kier alpha value is -2.02. The van der Waals surface area contributed by atoms with Crippen LogP contribution in [0.25, 0.3) is 0 Å². The monoisotopic (exact) mass is 358 g/mol. The van der Waals surface area contributed by atoms with Crippen molar-refractivity contribution in [3.8, 4) is 0 Å². The first-order valence-electron chi connectivity index (χ1n) is 8.37. The van der Waals surface area contributed by atoms with Crippen molar-refractivity contribution in [2.75, 3.05) is 13.1 Å². The Morgan fingerprint density at radius 1 is 1.04 bits per heavy atom. The number of rotatable bonds is 4. The summed E-state index contributed by atoms with van der Waals surface area (Å²) in [6, 6.07) is 15.1. The van der Waals surface area contributed by atoms with E-state index in [4.69, 9.17) is 0 Å². The Labute approximate surface area is 148 Å². The summed E-state index contributed by atoms with van der Waals surface area (Å²) >= 11 is 0. The smallest absolute Gasteiger partial charge is 0.244 e. The molecule has 2 aromatic rings. The Balaban J connectivity index is 2.05. The highest BCUT2D eigenvalue weighted by atomic mass is 32.2. The van der Waals surface area contributed by atoms with Crippen molar-refractivity contribution in [3.05, 3.63) is 65.7 Å². The number of sulfonamides is 1. The van der Waals surface area contributed by atoms with E-state index in [-0.39, 0.29) is 28.3 Å². The minimum absolute atomic E-state index is 0.0560. The predicted molar refractivity (Wildman–Crippen MR) is 97.1 cm³/mol. The fourth-order valence-electron chi connectivity index (χ4n) is 3.12. The Kier molecular flexibility index (Phi) is 5.03. The maximum absolute atomic E-state index is 13.2. The first-order valence-corrected chi connectivity index (χ1v) is 9.81. The van der Waals surface area contributed by atoms with Crippen LogP contribution in [-0.4, -0.2) is 43.7 Å². The van der Waals surface area contributed by atoms with E-state index >= 15 is 0 Å². The number of piperazine rings is 1. The van der Waals surface area contributed by atoms with Crippen LogP contribution in [0.15, 0.2) is 59.5 Å². The molecule has 0 amide bonds. The molecule has 25 heavy (non-hydrogen) atoms. The fraction of sp³-hybridized carbons (Fsp3) is 0.316. The first-order chi connectivity index (χ1) is 11.9. The number of hydrogen-bond acceptors (Lipinski definition) is 4. The van der Waals surface area contributed by atoms with Crippen molar-refractivity contribution < 1.29 is 13.2 Å². The molecule has 0 spiro atoms. The van der Waals surface area contributed by atoms with Gasteiger partial charge in [-0.15, -0.1) is 0 Å². The van der Waals surface area contributed by atoms with E-state index in [0.717, 1.165) is 0 Å². The van der Waals surface area contributed by atoms with Crippen LogP contribution in [0, 0.1) is 0 Å². The van der Waals surface area contributed by atoms with E-state index in [2.05, 4.69) is 5.32 Å². The molecule has 2 unspecified atom stereocenters. The van der Waals surface area contributed by atoms with Gasteiger partial charge in [-0.1, -0.05) is 42.5 Å². The first kappa shape index (κ1) is 17.8. The number of nitrogens with zero attached hydrogens (tertiary/aromatic N) is 1. The summed E-state index contributed by atoms with van der Waals surface area (Å²) in [5.41, 5.74) is 0.693. The van der Waals surface area contributed by atoms with Crippen LogP contribution in [-0.2, 0) is 10.0 Å². The van der Waals surface area contributed by atoms with Crippen molar-refractivity contribution in [2.45, 2.75) is 30.8 Å². The molecule has 2 atom stereocenters. The molecule has 132 valence electrons. The third kappa shape index (κ3) is 3.38. The van der Waals surface area contributed by atoms with Crippen LogP contribution in [0.2, 0.25) is 0 Å². The van der Waals surface area contributed by atoms with E-state index < -0.39 is 10.0 Å². The molecule has 1 fully saturated rings. The zero-order valence-corrected chi connectivity index (χ0v) is 15.2. The average molecular weight is 358 g/mol. The van der Waals surface area contributed by atoms with E-state index in [9.17, 15) is 13.2 Å². The maximum Gasteiger partial charge on any atom is 0.244 e. The van der Waals surface area contributed by atoms with E-state index in [0.29, 0.717) is 18.7 Å². The van der Waals surface area contributed by atoms with Gasteiger partial charge in [0.1, 0.15) is 0 Å². The molecule has 0 aromatic heterocycles. The molecule has 0 bridgehead atoms. The molecule has 3 rings (SSSR count). The van der Waals surface area contributed by atoms with E-state index in [1.807, 2.05) is 19.9 Å². The molecule has 1 heterocycles. The average Bonchev–Trinajstić information content (AvgIpc) is 2.64. The summed E-state index contributed by atoms with van der Waals surface area (Å²) < 4.78 is 28.0. The molecule has 1 saturated heterocycles. The third-order valence-corrected chi connectivity index (χ3v) is 6.78. The van der Waals surface area contributed by atoms with Crippen LogP contribution >= 0.6 is 0 Å². The topological polar surface area (TPSA) is 66.5 Å². The summed E-state index contributed by atoms with van der Waals surface area (Å²) in [4.78, 5) is 12.9. The summed E-state index contributed by atoms with van der Waals surface area (Å²) in [5.74, 6) is -0.282. The Morgan fingerprint density at radius 2 is 1.68 bits per heavy atom. The molecule has 5 nitrogen and oxygen atoms in total. The lowest BCUT2D eigenvalue weighted by atomic mass is 10.0. The molecule has 6 heteroatoms. The lowest BCUT2D eigenvalue weighted by molar-refractivity contribution is 0.103. The highest BCUT2D eigenvalue weighted by Gasteiger charge is 2.36. The molecule has 0 saturated carbocycles. The summed E-state index contributed by atoms with van der Waals surface area (Å²) in [6.45, 7) is 4.84. The predicted octanol–water partition coefficient (Wildman–Crippen LogP) is 2.29. The summed E-state index contributed by atoms with van der Waals surface area (Å²) in [6.07, 6.45) is 0. The molecular weight excluding hydrogens is 336 g/mol. The van der Waals surface area contributed by atoms with Gasteiger partial charge in [0.05, 0.1) is 4.90 Å². The van der Waals surface area contributed by atoms with Gasteiger partial charge in [-0.25, -0.2) is 8.42 Å². The number of ketones is 1. The second-order valence-corrected chi connectivity index (χ2v) is 8.15. The lowest BCUT2D eigenvalue weighted by Crippen LogP contribution is -2.57. The quantitative estimate of drug-likeness (QED) is 0.852. The summed E-state index contributed by atoms with van der Waals surface area (Å²) in [7, 11) is -3.76. The molecule has 1 aliphatic heterocycles. The van der Waals surface area contributed by atoms with Gasteiger partial charge in [0.15, 0.2) is 5.78 Å². The van der Waals surface area contributed by atoms with Crippen LogP contribution in [0.4, 0.5) is 0 Å². The van der Waals surface area contributed by atoms with Gasteiger partial charge in [0.25, 0.3) is 0 Å². The fourth-order valence-corrected chi connectivity index (χ4v) is 5.01. The minimum Gasteiger partial charge on any atom is -0.311 e. The SMILES string of the molecule is CC1NCCN(S(=O)(=O)c2ccccc2C(=O)c2ccccc2)C1C. The highest BCUT2D eigenvalue weighted by Crippen LogP contribution is 2.26. The normalized spacial score (nSPS) is 21.8. The summed E-state index contributed by atoms with van der Waals surface area (Å²) in [5, 5.41) is 3.28. The minimum atomic E-state index is -3.76. The van der Waals surface area contributed by atoms with Crippen LogP contribution in [0.5, 0.6) is 0 Å². The molecular formula is C19H22N2O3S. The lowest BCUT2D eigenvalue weighted by Gasteiger charge is -2.37. The van der Waals surface area contributed by atoms with Crippen molar-refractivity contribution in [3.63, 3.8) is 0 Å². The van der Waals surface area contributed by atoms with Crippen molar-refractivity contribution >= 4 is 15.8 Å². The number of benzene rings is 2. The highest BCUT2D eigenvalue weighted by molar-refractivity contribution is 7.89. The van der Waals surface area contributed by atoms with Gasteiger partial charge in [0, 0.05) is 36.3 Å². The van der Waals surface area contributed by atoms with Gasteiger partial charge < -0.3 is 5.32 Å². The van der Waals surface area contributed by atoms with E-state index in [1.165, 1.54) is 10.4 Å². The second-order valence-electron chi connectivity index (χ2n) is 6.29. The number of carbonyl (C=O) groups excluding carboxylic acids is 1. The van der Waals surface area contributed by atoms with Gasteiger partial charge in [-0.05, 0) is 26.0 Å². The van der Waals surface area contributed by atoms with Crippen LogP contribution in [0.1, 0.15) is 29.8 Å². The Bertz CT molecular complexity index is 865. The second kappa shape index (κ2) is 7.07.